The van der Waals surface area contributed by atoms with Gasteiger partial charge in [-0.3, -0.25) is 0 Å². The molecule has 1 aromatic heterocycles. The minimum atomic E-state index is 0.639. The molecule has 3 rings (SSSR count). The van der Waals surface area contributed by atoms with Crippen LogP contribution in [0, 0.1) is 19.8 Å². The van der Waals surface area contributed by atoms with Crippen LogP contribution in [0.2, 0.25) is 5.02 Å². The molecule has 148 valence electrons. The standard InChI is InChI=1S/C21H32ClN5/c1-16(15-26-11-9-25(4)10-12-26)13-23-14-21-17(2)24-27(18(21)3)20-7-5-19(22)6-8-20/h5-8,16,23H,9-15H2,1-4H3. The van der Waals surface area contributed by atoms with E-state index in [1.165, 1.54) is 44.0 Å². The maximum absolute atomic E-state index is 6.01. The van der Waals surface area contributed by atoms with Gasteiger partial charge in [0.25, 0.3) is 0 Å². The first kappa shape index (κ1) is 20.3. The quantitative estimate of drug-likeness (QED) is 0.789. The van der Waals surface area contributed by atoms with E-state index in [0.29, 0.717) is 5.92 Å². The third-order valence-corrected chi connectivity index (χ3v) is 5.72. The molecule has 0 spiro atoms. The van der Waals surface area contributed by atoms with Crippen LogP contribution < -0.4 is 5.32 Å². The molecule has 0 bridgehead atoms. The highest BCUT2D eigenvalue weighted by atomic mass is 35.5. The molecule has 1 aliphatic heterocycles. The van der Waals surface area contributed by atoms with Crippen LogP contribution >= 0.6 is 11.6 Å². The first-order valence-corrected chi connectivity index (χ1v) is 10.2. The molecular weight excluding hydrogens is 358 g/mol. The number of aryl methyl sites for hydroxylation is 1. The van der Waals surface area contributed by atoms with E-state index in [1.807, 2.05) is 28.9 Å². The summed E-state index contributed by atoms with van der Waals surface area (Å²) in [4.78, 5) is 4.99. The molecule has 6 heteroatoms. The molecule has 1 saturated heterocycles. The molecule has 1 N–H and O–H groups in total. The number of nitrogens with zero attached hydrogens (tertiary/aromatic N) is 4. The Hall–Kier alpha value is -1.40. The number of likely N-dealkylation sites (N-methyl/N-ethyl adjacent to an activating group) is 1. The zero-order valence-electron chi connectivity index (χ0n) is 17.0. The molecule has 2 heterocycles. The number of rotatable bonds is 7. The normalized spacial score (nSPS) is 17.4. The second-order valence-electron chi connectivity index (χ2n) is 7.88. The highest BCUT2D eigenvalue weighted by Gasteiger charge is 2.17. The van der Waals surface area contributed by atoms with E-state index in [4.69, 9.17) is 16.7 Å². The monoisotopic (exact) mass is 389 g/mol. The lowest BCUT2D eigenvalue weighted by Gasteiger charge is -2.34. The number of hydrogen-bond donors (Lipinski definition) is 1. The van der Waals surface area contributed by atoms with Crippen molar-refractivity contribution in [3.63, 3.8) is 0 Å². The van der Waals surface area contributed by atoms with Gasteiger partial charge in [-0.15, -0.1) is 0 Å². The van der Waals surface area contributed by atoms with Crippen molar-refractivity contribution in [1.82, 2.24) is 24.9 Å². The molecular formula is C21H32ClN5. The fraction of sp³-hybridized carbons (Fsp3) is 0.571. The fourth-order valence-corrected chi connectivity index (χ4v) is 3.87. The molecule has 0 saturated carbocycles. The second-order valence-corrected chi connectivity index (χ2v) is 8.31. The lowest BCUT2D eigenvalue weighted by molar-refractivity contribution is 0.138. The van der Waals surface area contributed by atoms with Crippen LogP contribution in [0.4, 0.5) is 0 Å². The number of benzene rings is 1. The van der Waals surface area contributed by atoms with Gasteiger partial charge < -0.3 is 15.1 Å². The van der Waals surface area contributed by atoms with Gasteiger partial charge >= 0.3 is 0 Å². The van der Waals surface area contributed by atoms with Crippen molar-refractivity contribution in [2.45, 2.75) is 27.3 Å². The maximum Gasteiger partial charge on any atom is 0.0649 e. The van der Waals surface area contributed by atoms with Gasteiger partial charge in [0.1, 0.15) is 0 Å². The Morgan fingerprint density at radius 3 is 2.44 bits per heavy atom. The van der Waals surface area contributed by atoms with Gasteiger partial charge in [0, 0.05) is 55.5 Å². The molecule has 1 aliphatic rings. The number of hydrogen-bond acceptors (Lipinski definition) is 4. The van der Waals surface area contributed by atoms with Gasteiger partial charge in [-0.25, -0.2) is 4.68 Å². The predicted molar refractivity (Wildman–Crippen MR) is 113 cm³/mol. The van der Waals surface area contributed by atoms with Crippen molar-refractivity contribution >= 4 is 11.6 Å². The molecule has 5 nitrogen and oxygen atoms in total. The Kier molecular flexibility index (Phi) is 6.93. The minimum Gasteiger partial charge on any atom is -0.312 e. The minimum absolute atomic E-state index is 0.639. The number of halogens is 1. The lowest BCUT2D eigenvalue weighted by atomic mass is 10.1. The average Bonchev–Trinajstić information content (AvgIpc) is 2.92. The van der Waals surface area contributed by atoms with Crippen molar-refractivity contribution in [1.29, 1.82) is 0 Å². The summed E-state index contributed by atoms with van der Waals surface area (Å²) >= 11 is 6.01. The summed E-state index contributed by atoms with van der Waals surface area (Å²) in [6.45, 7) is 14.4. The van der Waals surface area contributed by atoms with E-state index in [0.717, 1.165) is 29.5 Å². The van der Waals surface area contributed by atoms with Crippen LogP contribution in [0.15, 0.2) is 24.3 Å². The van der Waals surface area contributed by atoms with E-state index < -0.39 is 0 Å². The summed E-state index contributed by atoms with van der Waals surface area (Å²) in [6, 6.07) is 7.84. The largest absolute Gasteiger partial charge is 0.312 e. The molecule has 0 radical (unpaired) electrons. The van der Waals surface area contributed by atoms with Crippen LogP contribution in [0.25, 0.3) is 5.69 Å². The van der Waals surface area contributed by atoms with E-state index in [-0.39, 0.29) is 0 Å². The summed E-state index contributed by atoms with van der Waals surface area (Å²) in [6.07, 6.45) is 0. The SMILES string of the molecule is Cc1nn(-c2ccc(Cl)cc2)c(C)c1CNCC(C)CN1CCN(C)CC1. The number of piperazine rings is 1. The van der Waals surface area contributed by atoms with Crippen molar-refractivity contribution in [3.05, 3.63) is 46.2 Å². The van der Waals surface area contributed by atoms with Crippen molar-refractivity contribution in [2.75, 3.05) is 46.3 Å². The zero-order chi connectivity index (χ0) is 19.4. The van der Waals surface area contributed by atoms with E-state index in [9.17, 15) is 0 Å². The Labute approximate surface area is 168 Å². The van der Waals surface area contributed by atoms with Crippen molar-refractivity contribution in [3.8, 4) is 5.69 Å². The Morgan fingerprint density at radius 2 is 1.78 bits per heavy atom. The van der Waals surface area contributed by atoms with Crippen molar-refractivity contribution in [2.24, 2.45) is 5.92 Å². The Morgan fingerprint density at radius 1 is 1.11 bits per heavy atom. The molecule has 1 unspecified atom stereocenters. The summed E-state index contributed by atoms with van der Waals surface area (Å²) < 4.78 is 2.01. The van der Waals surface area contributed by atoms with Gasteiger partial charge in [0.05, 0.1) is 11.4 Å². The van der Waals surface area contributed by atoms with Gasteiger partial charge in [-0.2, -0.15) is 5.10 Å². The fourth-order valence-electron chi connectivity index (χ4n) is 3.74. The second kappa shape index (κ2) is 9.20. The molecule has 1 aromatic carbocycles. The van der Waals surface area contributed by atoms with Gasteiger partial charge in [0.2, 0.25) is 0 Å². The van der Waals surface area contributed by atoms with Gasteiger partial charge in [-0.05, 0) is 57.6 Å². The third kappa shape index (κ3) is 5.32. The Balaban J connectivity index is 1.53. The zero-order valence-corrected chi connectivity index (χ0v) is 17.8. The summed E-state index contributed by atoms with van der Waals surface area (Å²) in [5.74, 6) is 0.639. The first-order chi connectivity index (χ1) is 12.9. The van der Waals surface area contributed by atoms with Crippen LogP contribution in [-0.4, -0.2) is 65.9 Å². The molecule has 1 fully saturated rings. The predicted octanol–water partition coefficient (Wildman–Crippen LogP) is 3.12. The lowest BCUT2D eigenvalue weighted by Crippen LogP contribution is -2.46. The van der Waals surface area contributed by atoms with Crippen LogP contribution in [0.3, 0.4) is 0 Å². The molecule has 1 atom stereocenters. The van der Waals surface area contributed by atoms with E-state index in [1.54, 1.807) is 0 Å². The highest BCUT2D eigenvalue weighted by Crippen LogP contribution is 2.19. The van der Waals surface area contributed by atoms with Crippen molar-refractivity contribution < 1.29 is 0 Å². The first-order valence-electron chi connectivity index (χ1n) is 9.86. The smallest absolute Gasteiger partial charge is 0.0649 e. The molecule has 0 amide bonds. The van der Waals surface area contributed by atoms with E-state index >= 15 is 0 Å². The topological polar surface area (TPSA) is 36.3 Å². The van der Waals surface area contributed by atoms with Gasteiger partial charge in [0.15, 0.2) is 0 Å². The Bertz CT molecular complexity index is 732. The maximum atomic E-state index is 6.01. The van der Waals surface area contributed by atoms with Crippen LogP contribution in [-0.2, 0) is 6.54 Å². The highest BCUT2D eigenvalue weighted by molar-refractivity contribution is 6.30. The summed E-state index contributed by atoms with van der Waals surface area (Å²) in [5.41, 5.74) is 4.61. The summed E-state index contributed by atoms with van der Waals surface area (Å²) in [7, 11) is 2.21. The molecule has 2 aromatic rings. The number of nitrogens with one attached hydrogen (secondary N) is 1. The molecule has 0 aliphatic carbocycles. The van der Waals surface area contributed by atoms with E-state index in [2.05, 4.69) is 42.9 Å². The molecule has 27 heavy (non-hydrogen) atoms. The number of aromatic nitrogens is 2. The average molecular weight is 390 g/mol. The third-order valence-electron chi connectivity index (χ3n) is 5.47. The van der Waals surface area contributed by atoms with Crippen LogP contribution in [0.1, 0.15) is 23.9 Å². The van der Waals surface area contributed by atoms with Crippen LogP contribution in [0.5, 0.6) is 0 Å². The summed E-state index contributed by atoms with van der Waals surface area (Å²) in [5, 5.41) is 9.12. The van der Waals surface area contributed by atoms with Gasteiger partial charge in [-0.1, -0.05) is 18.5 Å².